The van der Waals surface area contributed by atoms with E-state index in [0.29, 0.717) is 34.1 Å². The molecule has 0 aliphatic carbocycles. The average Bonchev–Trinajstić information content (AvgIpc) is 2.32. The van der Waals surface area contributed by atoms with Gasteiger partial charge in [0.1, 0.15) is 0 Å². The number of anilines is 1. The average molecular weight is 316 g/mol. The molecule has 0 saturated carbocycles. The van der Waals surface area contributed by atoms with Gasteiger partial charge in [-0.3, -0.25) is 4.79 Å². The Balaban J connectivity index is 1.95. The molecule has 1 aliphatic heterocycles. The van der Waals surface area contributed by atoms with E-state index in [0.717, 1.165) is 13.1 Å². The zero-order valence-electron chi connectivity index (χ0n) is 11.9. The fraction of sp³-hybridized carbons (Fsp3) is 0.533. The SMILES string of the molecule is C[C@H]1C[C@H](C)C[NH+](CC(=O)Nc2c(Cl)cccc2Cl)C1. The first-order chi connectivity index (χ1) is 9.45. The molecule has 0 radical (unpaired) electrons. The minimum atomic E-state index is -0.0312. The second kappa shape index (κ2) is 6.79. The summed E-state index contributed by atoms with van der Waals surface area (Å²) in [7, 11) is 0. The smallest absolute Gasteiger partial charge is 0.279 e. The van der Waals surface area contributed by atoms with Gasteiger partial charge < -0.3 is 10.2 Å². The van der Waals surface area contributed by atoms with Crippen LogP contribution in [0.4, 0.5) is 5.69 Å². The molecule has 0 aromatic heterocycles. The Kier molecular flexibility index (Phi) is 5.30. The minimum Gasteiger partial charge on any atom is -0.327 e. The number of benzene rings is 1. The lowest BCUT2D eigenvalue weighted by Gasteiger charge is -2.31. The molecule has 1 aromatic carbocycles. The summed E-state index contributed by atoms with van der Waals surface area (Å²) in [4.78, 5) is 13.5. The largest absolute Gasteiger partial charge is 0.327 e. The number of likely N-dealkylation sites (tertiary alicyclic amines) is 1. The van der Waals surface area contributed by atoms with Crippen LogP contribution in [-0.2, 0) is 4.79 Å². The number of hydrogen-bond donors (Lipinski definition) is 2. The lowest BCUT2D eigenvalue weighted by atomic mass is 9.92. The number of carbonyl (C=O) groups is 1. The van der Waals surface area contributed by atoms with E-state index >= 15 is 0 Å². The van der Waals surface area contributed by atoms with Crippen LogP contribution in [0.15, 0.2) is 18.2 Å². The van der Waals surface area contributed by atoms with E-state index in [1.807, 2.05) is 0 Å². The summed E-state index contributed by atoms with van der Waals surface area (Å²) in [5, 5.41) is 3.78. The van der Waals surface area contributed by atoms with Gasteiger partial charge in [-0.1, -0.05) is 43.1 Å². The van der Waals surface area contributed by atoms with Crippen molar-refractivity contribution in [3.05, 3.63) is 28.2 Å². The van der Waals surface area contributed by atoms with Gasteiger partial charge in [0, 0.05) is 11.8 Å². The van der Waals surface area contributed by atoms with Crippen molar-refractivity contribution in [1.82, 2.24) is 0 Å². The van der Waals surface area contributed by atoms with Gasteiger partial charge in [0.25, 0.3) is 5.91 Å². The summed E-state index contributed by atoms with van der Waals surface area (Å²) in [6.07, 6.45) is 1.25. The predicted molar refractivity (Wildman–Crippen MR) is 83.6 cm³/mol. The van der Waals surface area contributed by atoms with Gasteiger partial charge in [-0.2, -0.15) is 0 Å². The molecular formula is C15H21Cl2N2O+. The zero-order chi connectivity index (χ0) is 14.7. The maximum absolute atomic E-state index is 12.1. The summed E-state index contributed by atoms with van der Waals surface area (Å²) in [6, 6.07) is 5.21. The van der Waals surface area contributed by atoms with Crippen molar-refractivity contribution in [3.63, 3.8) is 0 Å². The van der Waals surface area contributed by atoms with Crippen molar-refractivity contribution in [2.24, 2.45) is 11.8 Å². The molecular weight excluding hydrogens is 295 g/mol. The fourth-order valence-electron chi connectivity index (χ4n) is 3.09. The Bertz CT molecular complexity index is 463. The summed E-state index contributed by atoms with van der Waals surface area (Å²) in [5.41, 5.74) is 0.512. The number of piperidine rings is 1. The standard InChI is InChI=1S/C15H20Cl2N2O/c1-10-6-11(2)8-19(7-10)9-14(20)18-15-12(16)4-3-5-13(15)17/h3-5,10-11H,6-9H2,1-2H3,(H,18,20)/p+1/t10-,11-/m0/s1. The number of amides is 1. The van der Waals surface area contributed by atoms with Crippen LogP contribution in [0.5, 0.6) is 0 Å². The molecule has 1 heterocycles. The normalized spacial score (nSPS) is 26.3. The molecule has 110 valence electrons. The van der Waals surface area contributed by atoms with Crippen molar-refractivity contribution in [2.45, 2.75) is 20.3 Å². The zero-order valence-corrected chi connectivity index (χ0v) is 13.4. The molecule has 0 bridgehead atoms. The third-order valence-electron chi connectivity index (χ3n) is 3.72. The van der Waals surface area contributed by atoms with Gasteiger partial charge in [0.2, 0.25) is 0 Å². The molecule has 1 aromatic rings. The van der Waals surface area contributed by atoms with E-state index in [2.05, 4.69) is 19.2 Å². The van der Waals surface area contributed by atoms with Crippen LogP contribution in [0, 0.1) is 11.8 Å². The molecule has 20 heavy (non-hydrogen) atoms. The fourth-order valence-corrected chi connectivity index (χ4v) is 3.59. The molecule has 0 unspecified atom stereocenters. The van der Waals surface area contributed by atoms with Crippen LogP contribution >= 0.6 is 23.2 Å². The molecule has 1 amide bonds. The van der Waals surface area contributed by atoms with Gasteiger partial charge in [-0.05, 0) is 18.6 Å². The summed E-state index contributed by atoms with van der Waals surface area (Å²) < 4.78 is 0. The first kappa shape index (κ1) is 15.6. The van der Waals surface area contributed by atoms with Crippen molar-refractivity contribution in [1.29, 1.82) is 0 Å². The van der Waals surface area contributed by atoms with Gasteiger partial charge in [-0.25, -0.2) is 0 Å². The van der Waals surface area contributed by atoms with Crippen molar-refractivity contribution >= 4 is 34.8 Å². The van der Waals surface area contributed by atoms with Crippen LogP contribution in [-0.4, -0.2) is 25.5 Å². The topological polar surface area (TPSA) is 33.5 Å². The summed E-state index contributed by atoms with van der Waals surface area (Å²) in [6.45, 7) is 7.06. The Morgan fingerprint density at radius 2 is 1.80 bits per heavy atom. The lowest BCUT2D eigenvalue weighted by Crippen LogP contribution is -3.15. The van der Waals surface area contributed by atoms with E-state index < -0.39 is 0 Å². The highest BCUT2D eigenvalue weighted by Gasteiger charge is 2.26. The van der Waals surface area contributed by atoms with E-state index in [4.69, 9.17) is 23.2 Å². The number of nitrogens with one attached hydrogen (secondary N) is 2. The highest BCUT2D eigenvalue weighted by atomic mass is 35.5. The molecule has 2 atom stereocenters. The van der Waals surface area contributed by atoms with Crippen LogP contribution < -0.4 is 10.2 Å². The molecule has 3 nitrogen and oxygen atoms in total. The molecule has 5 heteroatoms. The van der Waals surface area contributed by atoms with Crippen LogP contribution in [0.1, 0.15) is 20.3 Å². The highest BCUT2D eigenvalue weighted by Crippen LogP contribution is 2.29. The van der Waals surface area contributed by atoms with E-state index in [1.165, 1.54) is 11.3 Å². The molecule has 2 rings (SSSR count). The predicted octanol–water partition coefficient (Wildman–Crippen LogP) is 2.49. The monoisotopic (exact) mass is 315 g/mol. The van der Waals surface area contributed by atoms with E-state index in [9.17, 15) is 4.79 Å². The van der Waals surface area contributed by atoms with Crippen molar-refractivity contribution < 1.29 is 9.69 Å². The van der Waals surface area contributed by atoms with Crippen molar-refractivity contribution in [3.8, 4) is 0 Å². The molecule has 1 fully saturated rings. The molecule has 1 saturated heterocycles. The quantitative estimate of drug-likeness (QED) is 0.883. The van der Waals surface area contributed by atoms with Gasteiger partial charge in [0.05, 0.1) is 28.8 Å². The minimum absolute atomic E-state index is 0.0312. The van der Waals surface area contributed by atoms with E-state index in [1.54, 1.807) is 18.2 Å². The van der Waals surface area contributed by atoms with Crippen molar-refractivity contribution in [2.75, 3.05) is 25.0 Å². The Hall–Kier alpha value is -0.770. The Morgan fingerprint density at radius 1 is 1.25 bits per heavy atom. The number of hydrogen-bond acceptors (Lipinski definition) is 1. The number of carbonyl (C=O) groups excluding carboxylic acids is 1. The van der Waals surface area contributed by atoms with E-state index in [-0.39, 0.29) is 5.91 Å². The Labute approximate surface area is 130 Å². The third-order valence-corrected chi connectivity index (χ3v) is 4.35. The van der Waals surface area contributed by atoms with Crippen LogP contribution in [0.2, 0.25) is 10.0 Å². The maximum atomic E-state index is 12.1. The molecule has 1 aliphatic rings. The Morgan fingerprint density at radius 3 is 2.35 bits per heavy atom. The van der Waals surface area contributed by atoms with Crippen LogP contribution in [0.3, 0.4) is 0 Å². The van der Waals surface area contributed by atoms with Crippen LogP contribution in [0.25, 0.3) is 0 Å². The third kappa shape index (κ3) is 4.11. The number of halogens is 2. The van der Waals surface area contributed by atoms with Gasteiger partial charge in [-0.15, -0.1) is 0 Å². The molecule has 0 spiro atoms. The maximum Gasteiger partial charge on any atom is 0.279 e. The lowest BCUT2D eigenvalue weighted by molar-refractivity contribution is -0.904. The summed E-state index contributed by atoms with van der Waals surface area (Å²) >= 11 is 12.1. The first-order valence-corrected chi connectivity index (χ1v) is 7.78. The number of para-hydroxylation sites is 1. The second-order valence-electron chi connectivity index (χ2n) is 5.93. The highest BCUT2D eigenvalue weighted by molar-refractivity contribution is 6.39. The first-order valence-electron chi connectivity index (χ1n) is 7.03. The number of quaternary nitrogens is 1. The summed E-state index contributed by atoms with van der Waals surface area (Å²) in [5.74, 6) is 1.31. The van der Waals surface area contributed by atoms with Gasteiger partial charge in [0.15, 0.2) is 6.54 Å². The number of rotatable bonds is 3. The van der Waals surface area contributed by atoms with Gasteiger partial charge >= 0.3 is 0 Å². The second-order valence-corrected chi connectivity index (χ2v) is 6.74. The molecule has 2 N–H and O–H groups in total.